The fourth-order valence-corrected chi connectivity index (χ4v) is 2.48. The topological polar surface area (TPSA) is 94.4 Å². The molecule has 2 aromatic carbocycles. The molecule has 0 atom stereocenters. The molecule has 8 heteroatoms. The number of carbonyl (C=O) groups excluding carboxylic acids is 1. The fourth-order valence-electron chi connectivity index (χ4n) is 2.48. The normalized spacial score (nSPS) is 10.7. The molecule has 0 aliphatic heterocycles. The minimum absolute atomic E-state index is 0.0339. The molecule has 0 unspecified atom stereocenters. The first kappa shape index (κ1) is 19.7. The molecule has 0 aliphatic carbocycles. The first-order valence-electron chi connectivity index (χ1n) is 8.54. The standard InChI is InChI=1S/C21H16FN3O4/c1-14-4-7-16(12-19(14)25(27)28)24-21(26)9-6-15-5-8-20(18(22)11-15)29-17-3-2-10-23-13-17/h2-13H,1H3,(H,24,26)/b9-6+. The Bertz CT molecular complexity index is 1080. The Morgan fingerprint density at radius 3 is 2.76 bits per heavy atom. The van der Waals surface area contributed by atoms with Crippen LogP contribution in [-0.2, 0) is 4.79 Å². The van der Waals surface area contributed by atoms with E-state index >= 15 is 0 Å². The lowest BCUT2D eigenvalue weighted by Crippen LogP contribution is -2.08. The first-order valence-corrected chi connectivity index (χ1v) is 8.54. The largest absolute Gasteiger partial charge is 0.453 e. The maximum absolute atomic E-state index is 14.2. The van der Waals surface area contributed by atoms with E-state index in [4.69, 9.17) is 4.74 Å². The third kappa shape index (κ3) is 5.23. The van der Waals surface area contributed by atoms with Crippen LogP contribution in [0.2, 0.25) is 0 Å². The summed E-state index contributed by atoms with van der Waals surface area (Å²) in [6.45, 7) is 1.61. The number of amides is 1. The number of hydrogen-bond donors (Lipinski definition) is 1. The van der Waals surface area contributed by atoms with Gasteiger partial charge in [-0.25, -0.2) is 4.39 Å². The summed E-state index contributed by atoms with van der Waals surface area (Å²) in [6.07, 6.45) is 5.68. The zero-order valence-corrected chi connectivity index (χ0v) is 15.3. The number of rotatable bonds is 6. The van der Waals surface area contributed by atoms with Crippen LogP contribution >= 0.6 is 0 Å². The summed E-state index contributed by atoms with van der Waals surface area (Å²) in [5, 5.41) is 13.5. The summed E-state index contributed by atoms with van der Waals surface area (Å²) in [4.78, 5) is 26.4. The molecular weight excluding hydrogens is 377 g/mol. The minimum Gasteiger partial charge on any atom is -0.453 e. The zero-order valence-electron chi connectivity index (χ0n) is 15.3. The molecule has 7 nitrogen and oxygen atoms in total. The Labute approximate surface area is 165 Å². The number of aryl methyl sites for hydroxylation is 1. The second-order valence-corrected chi connectivity index (χ2v) is 6.06. The van der Waals surface area contributed by atoms with E-state index in [1.165, 1.54) is 36.5 Å². The minimum atomic E-state index is -0.592. The number of aromatic nitrogens is 1. The Hall–Kier alpha value is -4.07. The van der Waals surface area contributed by atoms with Crippen LogP contribution in [0.5, 0.6) is 11.5 Å². The molecule has 3 rings (SSSR count). The van der Waals surface area contributed by atoms with Crippen molar-refractivity contribution in [3.63, 3.8) is 0 Å². The molecule has 0 aliphatic rings. The summed E-state index contributed by atoms with van der Waals surface area (Å²) in [7, 11) is 0. The molecule has 0 radical (unpaired) electrons. The van der Waals surface area contributed by atoms with Crippen molar-refractivity contribution in [1.82, 2.24) is 4.98 Å². The Morgan fingerprint density at radius 1 is 1.24 bits per heavy atom. The summed E-state index contributed by atoms with van der Waals surface area (Å²) in [6, 6.07) is 12.0. The van der Waals surface area contributed by atoms with Gasteiger partial charge in [-0.15, -0.1) is 0 Å². The van der Waals surface area contributed by atoms with E-state index in [1.807, 2.05) is 0 Å². The molecule has 0 fully saturated rings. The predicted octanol–water partition coefficient (Wildman–Crippen LogP) is 4.88. The predicted molar refractivity (Wildman–Crippen MR) is 106 cm³/mol. The van der Waals surface area contributed by atoms with Crippen molar-refractivity contribution < 1.29 is 18.8 Å². The van der Waals surface area contributed by atoms with Crippen molar-refractivity contribution in [3.05, 3.63) is 94.1 Å². The van der Waals surface area contributed by atoms with Crippen LogP contribution in [0.4, 0.5) is 15.8 Å². The number of pyridine rings is 1. The number of nitro benzene ring substituents is 1. The highest BCUT2D eigenvalue weighted by Gasteiger charge is 2.11. The molecule has 0 saturated heterocycles. The van der Waals surface area contributed by atoms with Gasteiger partial charge in [0.1, 0.15) is 5.75 Å². The van der Waals surface area contributed by atoms with Gasteiger partial charge in [-0.05, 0) is 48.9 Å². The highest BCUT2D eigenvalue weighted by atomic mass is 19.1. The molecule has 0 saturated carbocycles. The lowest BCUT2D eigenvalue weighted by Gasteiger charge is -2.06. The number of halogens is 1. The quantitative estimate of drug-likeness (QED) is 0.366. The van der Waals surface area contributed by atoms with Crippen LogP contribution < -0.4 is 10.1 Å². The smallest absolute Gasteiger partial charge is 0.274 e. The Morgan fingerprint density at radius 2 is 2.07 bits per heavy atom. The molecule has 0 spiro atoms. The monoisotopic (exact) mass is 393 g/mol. The molecule has 146 valence electrons. The van der Waals surface area contributed by atoms with Crippen LogP contribution in [0.1, 0.15) is 11.1 Å². The van der Waals surface area contributed by atoms with Gasteiger partial charge in [0.25, 0.3) is 5.69 Å². The van der Waals surface area contributed by atoms with Gasteiger partial charge in [-0.3, -0.25) is 19.9 Å². The van der Waals surface area contributed by atoms with Crippen LogP contribution in [0.3, 0.4) is 0 Å². The lowest BCUT2D eigenvalue weighted by molar-refractivity contribution is -0.385. The second kappa shape index (κ2) is 8.75. The number of carbonyl (C=O) groups is 1. The zero-order chi connectivity index (χ0) is 20.8. The molecule has 0 bridgehead atoms. The van der Waals surface area contributed by atoms with E-state index in [0.29, 0.717) is 22.6 Å². The van der Waals surface area contributed by atoms with E-state index in [2.05, 4.69) is 10.3 Å². The Balaban J connectivity index is 1.66. The molecular formula is C21H16FN3O4. The third-order valence-corrected chi connectivity index (χ3v) is 3.92. The van der Waals surface area contributed by atoms with Crippen molar-refractivity contribution in [2.75, 3.05) is 5.32 Å². The molecule has 1 aromatic heterocycles. The number of ether oxygens (including phenoxy) is 1. The van der Waals surface area contributed by atoms with Crippen LogP contribution in [0.15, 0.2) is 67.0 Å². The molecule has 1 amide bonds. The van der Waals surface area contributed by atoms with Gasteiger partial charge in [0.15, 0.2) is 11.6 Å². The van der Waals surface area contributed by atoms with Gasteiger partial charge in [-0.1, -0.05) is 12.1 Å². The SMILES string of the molecule is Cc1ccc(NC(=O)/C=C/c2ccc(Oc3cccnc3)c(F)c2)cc1[N+](=O)[O-]. The number of benzene rings is 2. The molecule has 29 heavy (non-hydrogen) atoms. The van der Waals surface area contributed by atoms with Gasteiger partial charge < -0.3 is 10.1 Å². The van der Waals surface area contributed by atoms with Crippen molar-refractivity contribution in [2.24, 2.45) is 0 Å². The highest BCUT2D eigenvalue weighted by molar-refractivity contribution is 6.02. The second-order valence-electron chi connectivity index (χ2n) is 6.06. The van der Waals surface area contributed by atoms with Gasteiger partial charge in [0.2, 0.25) is 5.91 Å². The van der Waals surface area contributed by atoms with Gasteiger partial charge in [0.05, 0.1) is 11.1 Å². The number of nitrogens with one attached hydrogen (secondary N) is 1. The molecule has 1 heterocycles. The first-order chi connectivity index (χ1) is 13.9. The van der Waals surface area contributed by atoms with E-state index in [1.54, 1.807) is 43.5 Å². The Kier molecular flexibility index (Phi) is 5.94. The number of nitrogens with zero attached hydrogens (tertiary/aromatic N) is 2. The van der Waals surface area contributed by atoms with Crippen molar-refractivity contribution in [3.8, 4) is 11.5 Å². The average Bonchev–Trinajstić information content (AvgIpc) is 2.70. The number of hydrogen-bond acceptors (Lipinski definition) is 5. The maximum Gasteiger partial charge on any atom is 0.274 e. The van der Waals surface area contributed by atoms with E-state index in [-0.39, 0.29) is 11.4 Å². The third-order valence-electron chi connectivity index (χ3n) is 3.92. The van der Waals surface area contributed by atoms with Gasteiger partial charge in [0, 0.05) is 29.6 Å². The van der Waals surface area contributed by atoms with Gasteiger partial charge in [-0.2, -0.15) is 0 Å². The van der Waals surface area contributed by atoms with E-state index in [0.717, 1.165) is 0 Å². The van der Waals surface area contributed by atoms with Crippen LogP contribution in [0, 0.1) is 22.9 Å². The van der Waals surface area contributed by atoms with Gasteiger partial charge >= 0.3 is 0 Å². The van der Waals surface area contributed by atoms with E-state index < -0.39 is 16.6 Å². The summed E-state index contributed by atoms with van der Waals surface area (Å²) < 4.78 is 19.6. The number of nitro groups is 1. The van der Waals surface area contributed by atoms with Crippen molar-refractivity contribution >= 4 is 23.4 Å². The average molecular weight is 393 g/mol. The number of anilines is 1. The van der Waals surface area contributed by atoms with Crippen LogP contribution in [-0.4, -0.2) is 15.8 Å². The van der Waals surface area contributed by atoms with Crippen LogP contribution in [0.25, 0.3) is 6.08 Å². The summed E-state index contributed by atoms with van der Waals surface area (Å²) in [5.41, 5.74) is 1.15. The molecule has 1 N–H and O–H groups in total. The summed E-state index contributed by atoms with van der Waals surface area (Å²) >= 11 is 0. The highest BCUT2D eigenvalue weighted by Crippen LogP contribution is 2.25. The lowest BCUT2D eigenvalue weighted by atomic mass is 10.1. The van der Waals surface area contributed by atoms with Crippen molar-refractivity contribution in [2.45, 2.75) is 6.92 Å². The van der Waals surface area contributed by atoms with E-state index in [9.17, 15) is 19.3 Å². The summed E-state index contributed by atoms with van der Waals surface area (Å²) in [5.74, 6) is -0.655. The van der Waals surface area contributed by atoms with Crippen molar-refractivity contribution in [1.29, 1.82) is 0 Å². The molecule has 3 aromatic rings. The fraction of sp³-hybridized carbons (Fsp3) is 0.0476. The maximum atomic E-state index is 14.2.